The van der Waals surface area contributed by atoms with E-state index in [1.807, 2.05) is 44.2 Å². The summed E-state index contributed by atoms with van der Waals surface area (Å²) in [4.78, 5) is 43.6. The zero-order valence-electron chi connectivity index (χ0n) is 19.2. The fraction of sp³-hybridized carbons (Fsp3) is 0.609. The SMILES string of the molecule is COCCN1C[C@@H]2CN(CC(=O)NCCOc3ccccc3)C(=O)N2[C@@H](CC(C)C)C1=O. The Hall–Kier alpha value is -2.81. The van der Waals surface area contributed by atoms with Crippen LogP contribution >= 0.6 is 0 Å². The lowest BCUT2D eigenvalue weighted by atomic mass is 9.97. The molecule has 2 fully saturated rings. The number of methoxy groups -OCH3 is 1. The van der Waals surface area contributed by atoms with E-state index in [4.69, 9.17) is 9.47 Å². The number of rotatable bonds is 11. The van der Waals surface area contributed by atoms with E-state index < -0.39 is 6.04 Å². The van der Waals surface area contributed by atoms with E-state index in [-0.39, 0.29) is 36.3 Å². The molecule has 1 aromatic rings. The highest BCUT2D eigenvalue weighted by molar-refractivity contribution is 5.91. The fourth-order valence-corrected chi connectivity index (χ4v) is 4.25. The first-order chi connectivity index (χ1) is 15.4. The zero-order valence-corrected chi connectivity index (χ0v) is 19.2. The molecule has 2 saturated heterocycles. The topological polar surface area (TPSA) is 91.4 Å². The summed E-state index contributed by atoms with van der Waals surface area (Å²) in [6.07, 6.45) is 0.599. The van der Waals surface area contributed by atoms with Crippen LogP contribution in [0.25, 0.3) is 0 Å². The summed E-state index contributed by atoms with van der Waals surface area (Å²) < 4.78 is 10.7. The van der Waals surface area contributed by atoms with Crippen molar-refractivity contribution in [1.29, 1.82) is 0 Å². The quantitative estimate of drug-likeness (QED) is 0.516. The smallest absolute Gasteiger partial charge is 0.321 e. The van der Waals surface area contributed by atoms with Gasteiger partial charge >= 0.3 is 6.03 Å². The minimum atomic E-state index is -0.495. The highest BCUT2D eigenvalue weighted by atomic mass is 16.5. The largest absolute Gasteiger partial charge is 0.492 e. The number of fused-ring (bicyclic) bond motifs is 1. The summed E-state index contributed by atoms with van der Waals surface area (Å²) in [5.41, 5.74) is 0. The number of ether oxygens (including phenoxy) is 2. The Balaban J connectivity index is 1.54. The molecule has 0 radical (unpaired) electrons. The summed E-state index contributed by atoms with van der Waals surface area (Å²) in [6, 6.07) is 8.53. The van der Waals surface area contributed by atoms with Gasteiger partial charge in [0.15, 0.2) is 0 Å². The Kier molecular flexibility index (Phi) is 8.33. The molecule has 0 unspecified atom stereocenters. The summed E-state index contributed by atoms with van der Waals surface area (Å²) in [5, 5.41) is 2.80. The molecule has 0 spiro atoms. The Labute approximate surface area is 189 Å². The Morgan fingerprint density at radius 2 is 1.84 bits per heavy atom. The van der Waals surface area contributed by atoms with Crippen molar-refractivity contribution in [2.24, 2.45) is 5.92 Å². The number of hydrogen-bond acceptors (Lipinski definition) is 5. The second-order valence-electron chi connectivity index (χ2n) is 8.66. The highest BCUT2D eigenvalue weighted by Crippen LogP contribution is 2.28. The van der Waals surface area contributed by atoms with E-state index >= 15 is 0 Å². The number of piperazine rings is 1. The highest BCUT2D eigenvalue weighted by Gasteiger charge is 2.49. The maximum Gasteiger partial charge on any atom is 0.321 e. The van der Waals surface area contributed by atoms with Crippen molar-refractivity contribution >= 4 is 17.8 Å². The van der Waals surface area contributed by atoms with Gasteiger partial charge in [0.2, 0.25) is 11.8 Å². The van der Waals surface area contributed by atoms with Crippen LogP contribution < -0.4 is 10.1 Å². The average molecular weight is 447 g/mol. The number of urea groups is 1. The van der Waals surface area contributed by atoms with Crippen LogP contribution in [0.15, 0.2) is 30.3 Å². The first-order valence-electron chi connectivity index (χ1n) is 11.2. The lowest BCUT2D eigenvalue weighted by molar-refractivity contribution is -0.143. The predicted octanol–water partition coefficient (Wildman–Crippen LogP) is 1.19. The minimum absolute atomic E-state index is 0.0299. The van der Waals surface area contributed by atoms with E-state index in [9.17, 15) is 14.4 Å². The molecule has 4 amide bonds. The van der Waals surface area contributed by atoms with Crippen molar-refractivity contribution < 1.29 is 23.9 Å². The molecule has 176 valence electrons. The number of nitrogens with one attached hydrogen (secondary N) is 1. The molecule has 1 N–H and O–H groups in total. The normalized spacial score (nSPS) is 20.7. The zero-order chi connectivity index (χ0) is 23.1. The predicted molar refractivity (Wildman–Crippen MR) is 119 cm³/mol. The van der Waals surface area contributed by atoms with Gasteiger partial charge in [-0.05, 0) is 24.5 Å². The Morgan fingerprint density at radius 1 is 1.12 bits per heavy atom. The number of para-hydroxylation sites is 1. The monoisotopic (exact) mass is 446 g/mol. The molecule has 2 heterocycles. The van der Waals surface area contributed by atoms with E-state index in [0.29, 0.717) is 45.8 Å². The van der Waals surface area contributed by atoms with Gasteiger partial charge in [-0.25, -0.2) is 4.79 Å². The van der Waals surface area contributed by atoms with Gasteiger partial charge in [0, 0.05) is 26.7 Å². The molecule has 0 saturated carbocycles. The minimum Gasteiger partial charge on any atom is -0.492 e. The third kappa shape index (κ3) is 5.91. The number of nitrogens with zero attached hydrogens (tertiary/aromatic N) is 3. The number of carbonyl (C=O) groups excluding carboxylic acids is 3. The van der Waals surface area contributed by atoms with Crippen LogP contribution in [0.4, 0.5) is 4.79 Å². The van der Waals surface area contributed by atoms with Gasteiger partial charge in [-0.3, -0.25) is 9.59 Å². The van der Waals surface area contributed by atoms with Gasteiger partial charge in [0.05, 0.1) is 19.2 Å². The maximum absolute atomic E-state index is 13.1. The molecule has 2 atom stereocenters. The van der Waals surface area contributed by atoms with Crippen molar-refractivity contribution in [2.75, 3.05) is 53.0 Å². The molecule has 3 rings (SSSR count). The van der Waals surface area contributed by atoms with Crippen molar-refractivity contribution in [3.8, 4) is 5.75 Å². The standard InChI is InChI=1S/C23H34N4O5/c1-17(2)13-20-22(29)25(10-12-31-3)14-18-15-26(23(30)27(18)20)16-21(28)24-9-11-32-19-7-5-4-6-8-19/h4-8,17-18,20H,9-16H2,1-3H3,(H,24,28)/t18-,20+/m1/s1. The number of amides is 4. The molecule has 0 aliphatic carbocycles. The molecule has 1 aromatic carbocycles. The van der Waals surface area contributed by atoms with Gasteiger partial charge in [0.1, 0.15) is 24.9 Å². The van der Waals surface area contributed by atoms with Crippen LogP contribution in [-0.4, -0.2) is 97.7 Å². The van der Waals surface area contributed by atoms with Crippen LogP contribution in [-0.2, 0) is 14.3 Å². The van der Waals surface area contributed by atoms with Crippen LogP contribution in [0.5, 0.6) is 5.75 Å². The molecule has 9 nitrogen and oxygen atoms in total. The van der Waals surface area contributed by atoms with Gasteiger partial charge in [0.25, 0.3) is 0 Å². The number of carbonyl (C=O) groups is 3. The molecule has 0 bridgehead atoms. The van der Waals surface area contributed by atoms with Crippen molar-refractivity contribution in [3.05, 3.63) is 30.3 Å². The lowest BCUT2D eigenvalue weighted by Gasteiger charge is -2.42. The summed E-state index contributed by atoms with van der Waals surface area (Å²) in [6.45, 7) is 6.60. The van der Waals surface area contributed by atoms with Gasteiger partial charge in [-0.1, -0.05) is 32.0 Å². The molecule has 32 heavy (non-hydrogen) atoms. The second-order valence-corrected chi connectivity index (χ2v) is 8.66. The number of hydrogen-bond donors (Lipinski definition) is 1. The van der Waals surface area contributed by atoms with Crippen LogP contribution in [0.3, 0.4) is 0 Å². The Morgan fingerprint density at radius 3 is 2.53 bits per heavy atom. The van der Waals surface area contributed by atoms with E-state index in [0.717, 1.165) is 5.75 Å². The Bertz CT molecular complexity index is 788. The first kappa shape index (κ1) is 23.8. The third-order valence-electron chi connectivity index (χ3n) is 5.71. The fourth-order valence-electron chi connectivity index (χ4n) is 4.25. The van der Waals surface area contributed by atoms with Crippen molar-refractivity contribution in [1.82, 2.24) is 20.0 Å². The third-order valence-corrected chi connectivity index (χ3v) is 5.71. The molecule has 0 aromatic heterocycles. The van der Waals surface area contributed by atoms with Crippen LogP contribution in [0.1, 0.15) is 20.3 Å². The molecule has 9 heteroatoms. The van der Waals surface area contributed by atoms with Gasteiger partial charge in [-0.15, -0.1) is 0 Å². The second kappa shape index (κ2) is 11.2. The first-order valence-corrected chi connectivity index (χ1v) is 11.2. The molecular formula is C23H34N4O5. The van der Waals surface area contributed by atoms with E-state index in [1.54, 1.807) is 21.8 Å². The van der Waals surface area contributed by atoms with Crippen LogP contribution in [0, 0.1) is 5.92 Å². The van der Waals surface area contributed by atoms with Gasteiger partial charge in [-0.2, -0.15) is 0 Å². The average Bonchev–Trinajstić information content (AvgIpc) is 3.07. The van der Waals surface area contributed by atoms with Gasteiger partial charge < -0.3 is 29.5 Å². The molecule has 2 aliphatic heterocycles. The summed E-state index contributed by atoms with van der Waals surface area (Å²) >= 11 is 0. The van der Waals surface area contributed by atoms with E-state index in [1.165, 1.54) is 0 Å². The lowest BCUT2D eigenvalue weighted by Crippen LogP contribution is -2.61. The summed E-state index contributed by atoms with van der Waals surface area (Å²) in [5.74, 6) is 0.733. The van der Waals surface area contributed by atoms with Crippen molar-refractivity contribution in [2.45, 2.75) is 32.4 Å². The summed E-state index contributed by atoms with van der Waals surface area (Å²) in [7, 11) is 1.61. The van der Waals surface area contributed by atoms with E-state index in [2.05, 4.69) is 5.32 Å². The van der Waals surface area contributed by atoms with Crippen LogP contribution in [0.2, 0.25) is 0 Å². The van der Waals surface area contributed by atoms with Crippen molar-refractivity contribution in [3.63, 3.8) is 0 Å². The maximum atomic E-state index is 13.1. The molecular weight excluding hydrogens is 412 g/mol. The molecule has 2 aliphatic rings. The number of benzene rings is 1.